The molecule has 0 atom stereocenters. The lowest BCUT2D eigenvalue weighted by Crippen LogP contribution is -1.92. The number of nitrogens with two attached hydrogens (primary N) is 1. The number of rotatable bonds is 2. The van der Waals surface area contributed by atoms with Gasteiger partial charge in [0.2, 0.25) is 0 Å². The molecule has 2 N–H and O–H groups in total. The maximum atomic E-state index is 5.57. The molecular weight excluding hydrogens is 150 g/mol. The Hall–Kier alpha value is -0.730. The fraction of sp³-hybridized carbons (Fsp3) is 0.143. The van der Waals surface area contributed by atoms with Crippen molar-refractivity contribution in [3.63, 3.8) is 0 Å². The zero-order valence-electron chi connectivity index (χ0n) is 5.38. The SMILES string of the molecule is Nc1ccccc1COCl. The van der Waals surface area contributed by atoms with Gasteiger partial charge in [0.15, 0.2) is 0 Å². The summed E-state index contributed by atoms with van der Waals surface area (Å²) < 4.78 is 4.40. The number of anilines is 1. The standard InChI is InChI=1S/C7H8ClNO/c8-10-5-6-3-1-2-4-7(6)9/h1-4H,5,9H2. The zero-order chi connectivity index (χ0) is 7.40. The molecule has 0 bridgehead atoms. The van der Waals surface area contributed by atoms with E-state index in [9.17, 15) is 0 Å². The first kappa shape index (κ1) is 7.38. The summed E-state index contributed by atoms with van der Waals surface area (Å²) >= 11 is 5.05. The lowest BCUT2D eigenvalue weighted by atomic mass is 10.2. The highest BCUT2D eigenvalue weighted by atomic mass is 35.5. The van der Waals surface area contributed by atoms with Crippen LogP contribution in [0, 0.1) is 0 Å². The molecule has 2 nitrogen and oxygen atoms in total. The highest BCUT2D eigenvalue weighted by Gasteiger charge is 1.94. The van der Waals surface area contributed by atoms with Gasteiger partial charge in [-0.3, -0.25) is 4.29 Å². The van der Waals surface area contributed by atoms with Gasteiger partial charge in [-0.25, -0.2) is 0 Å². The van der Waals surface area contributed by atoms with Crippen molar-refractivity contribution in [3.8, 4) is 0 Å². The van der Waals surface area contributed by atoms with Gasteiger partial charge in [-0.1, -0.05) is 18.2 Å². The Morgan fingerprint density at radius 2 is 2.10 bits per heavy atom. The summed E-state index contributed by atoms with van der Waals surface area (Å²) in [5.74, 6) is 0. The third-order valence-corrected chi connectivity index (χ3v) is 1.37. The van der Waals surface area contributed by atoms with Crippen molar-refractivity contribution < 1.29 is 4.29 Å². The summed E-state index contributed by atoms with van der Waals surface area (Å²) in [6.45, 7) is 0.355. The summed E-state index contributed by atoms with van der Waals surface area (Å²) in [5, 5.41) is 0. The largest absolute Gasteiger partial charge is 0.398 e. The molecular formula is C7H8ClNO. The van der Waals surface area contributed by atoms with E-state index in [1.54, 1.807) is 0 Å². The van der Waals surface area contributed by atoms with Crippen molar-refractivity contribution in [2.75, 3.05) is 5.73 Å². The monoisotopic (exact) mass is 157 g/mol. The van der Waals surface area contributed by atoms with Crippen LogP contribution in [-0.2, 0) is 10.9 Å². The molecule has 10 heavy (non-hydrogen) atoms. The second-order valence-electron chi connectivity index (χ2n) is 1.95. The molecule has 0 spiro atoms. The molecule has 54 valence electrons. The summed E-state index contributed by atoms with van der Waals surface area (Å²) in [5.41, 5.74) is 7.19. The van der Waals surface area contributed by atoms with Gasteiger partial charge in [-0.05, 0) is 6.07 Å². The van der Waals surface area contributed by atoms with Crippen LogP contribution in [0.15, 0.2) is 24.3 Å². The topological polar surface area (TPSA) is 35.2 Å². The second-order valence-corrected chi connectivity index (χ2v) is 2.17. The second kappa shape index (κ2) is 3.44. The van der Waals surface area contributed by atoms with Crippen LogP contribution in [0.4, 0.5) is 5.69 Å². The number of benzene rings is 1. The number of halogens is 1. The quantitative estimate of drug-likeness (QED) is 0.666. The van der Waals surface area contributed by atoms with E-state index in [4.69, 9.17) is 17.6 Å². The molecule has 1 aromatic rings. The molecule has 0 saturated carbocycles. The van der Waals surface area contributed by atoms with Gasteiger partial charge in [0.05, 0.1) is 18.5 Å². The molecule has 0 aromatic heterocycles. The van der Waals surface area contributed by atoms with E-state index < -0.39 is 0 Å². The van der Waals surface area contributed by atoms with Gasteiger partial charge >= 0.3 is 0 Å². The summed E-state index contributed by atoms with van der Waals surface area (Å²) in [4.78, 5) is 0. The van der Waals surface area contributed by atoms with Crippen LogP contribution in [0.5, 0.6) is 0 Å². The Kier molecular flexibility index (Phi) is 2.54. The first-order chi connectivity index (χ1) is 4.84. The molecule has 0 radical (unpaired) electrons. The first-order valence-corrected chi connectivity index (χ1v) is 3.22. The van der Waals surface area contributed by atoms with Crippen LogP contribution in [0.25, 0.3) is 0 Å². The van der Waals surface area contributed by atoms with Gasteiger partial charge < -0.3 is 5.73 Å². The van der Waals surface area contributed by atoms with Crippen molar-refractivity contribution in [3.05, 3.63) is 29.8 Å². The van der Waals surface area contributed by atoms with E-state index in [0.717, 1.165) is 5.56 Å². The average Bonchev–Trinajstić information content (AvgIpc) is 1.94. The number of hydrogen-bond acceptors (Lipinski definition) is 2. The van der Waals surface area contributed by atoms with Gasteiger partial charge in [-0.15, -0.1) is 0 Å². The molecule has 3 heteroatoms. The lowest BCUT2D eigenvalue weighted by Gasteiger charge is -2.00. The minimum absolute atomic E-state index is 0.355. The Morgan fingerprint density at radius 3 is 2.70 bits per heavy atom. The Morgan fingerprint density at radius 1 is 1.40 bits per heavy atom. The van der Waals surface area contributed by atoms with Gasteiger partial charge in [0, 0.05) is 11.3 Å². The van der Waals surface area contributed by atoms with Crippen LogP contribution in [0.2, 0.25) is 0 Å². The van der Waals surface area contributed by atoms with E-state index in [1.807, 2.05) is 24.3 Å². The van der Waals surface area contributed by atoms with Crippen LogP contribution < -0.4 is 5.73 Å². The molecule has 0 unspecified atom stereocenters. The maximum absolute atomic E-state index is 5.57. The van der Waals surface area contributed by atoms with Crippen molar-refractivity contribution in [2.24, 2.45) is 0 Å². The van der Waals surface area contributed by atoms with Crippen molar-refractivity contribution in [2.45, 2.75) is 6.61 Å². The van der Waals surface area contributed by atoms with E-state index in [1.165, 1.54) is 0 Å². The highest BCUT2D eigenvalue weighted by Crippen LogP contribution is 2.11. The Balaban J connectivity index is 2.81. The lowest BCUT2D eigenvalue weighted by molar-refractivity contribution is 0.341. The van der Waals surface area contributed by atoms with E-state index in [0.29, 0.717) is 12.3 Å². The number of para-hydroxylation sites is 1. The molecule has 0 fully saturated rings. The molecule has 1 rings (SSSR count). The molecule has 0 aliphatic heterocycles. The normalized spacial score (nSPS) is 9.70. The summed E-state index contributed by atoms with van der Waals surface area (Å²) in [7, 11) is 0. The predicted octanol–water partition coefficient (Wildman–Crippen LogP) is 1.94. The predicted molar refractivity (Wildman–Crippen MR) is 41.5 cm³/mol. The molecule has 0 aliphatic carbocycles. The molecule has 1 aromatic carbocycles. The van der Waals surface area contributed by atoms with Crippen LogP contribution in [-0.4, -0.2) is 0 Å². The first-order valence-electron chi connectivity index (χ1n) is 2.91. The molecule has 0 amide bonds. The third-order valence-electron chi connectivity index (χ3n) is 1.27. The average molecular weight is 158 g/mol. The van der Waals surface area contributed by atoms with Crippen LogP contribution >= 0.6 is 11.9 Å². The zero-order valence-corrected chi connectivity index (χ0v) is 6.14. The summed E-state index contributed by atoms with van der Waals surface area (Å²) in [6, 6.07) is 7.44. The highest BCUT2D eigenvalue weighted by molar-refractivity contribution is 6.07. The van der Waals surface area contributed by atoms with Gasteiger partial charge in [0.1, 0.15) is 0 Å². The Bertz CT molecular complexity index is 215. The molecule has 0 aliphatic rings. The number of nitrogen functional groups attached to an aromatic ring is 1. The van der Waals surface area contributed by atoms with Crippen molar-refractivity contribution in [1.82, 2.24) is 0 Å². The van der Waals surface area contributed by atoms with E-state index in [2.05, 4.69) is 4.29 Å². The van der Waals surface area contributed by atoms with E-state index >= 15 is 0 Å². The number of hydrogen-bond donors (Lipinski definition) is 1. The maximum Gasteiger partial charge on any atom is 0.0953 e. The van der Waals surface area contributed by atoms with Crippen molar-refractivity contribution in [1.29, 1.82) is 0 Å². The fourth-order valence-electron chi connectivity index (χ4n) is 0.724. The molecule has 0 saturated heterocycles. The van der Waals surface area contributed by atoms with E-state index in [-0.39, 0.29) is 0 Å². The third kappa shape index (κ3) is 1.62. The Labute approximate surface area is 64.7 Å². The minimum atomic E-state index is 0.355. The van der Waals surface area contributed by atoms with Crippen LogP contribution in [0.1, 0.15) is 5.56 Å². The fourth-order valence-corrected chi connectivity index (χ4v) is 0.842. The van der Waals surface area contributed by atoms with Crippen molar-refractivity contribution >= 4 is 17.6 Å². The minimum Gasteiger partial charge on any atom is -0.398 e. The smallest absolute Gasteiger partial charge is 0.0953 e. The van der Waals surface area contributed by atoms with Crippen LogP contribution in [0.3, 0.4) is 0 Å². The van der Waals surface area contributed by atoms with Gasteiger partial charge in [-0.2, -0.15) is 0 Å². The summed E-state index contributed by atoms with van der Waals surface area (Å²) in [6.07, 6.45) is 0. The molecule has 0 heterocycles. The van der Waals surface area contributed by atoms with Gasteiger partial charge in [0.25, 0.3) is 0 Å².